The Hall–Kier alpha value is -1.02. The Labute approximate surface area is 66.7 Å². The predicted octanol–water partition coefficient (Wildman–Crippen LogP) is 2.03. The van der Waals surface area contributed by atoms with Crippen LogP contribution in [0.2, 0.25) is 0 Å². The van der Waals surface area contributed by atoms with Crippen molar-refractivity contribution in [3.8, 4) is 0 Å². The van der Waals surface area contributed by atoms with Crippen LogP contribution in [0.3, 0.4) is 0 Å². The largest absolute Gasteiger partial charge is 0.469 e. The van der Waals surface area contributed by atoms with Crippen molar-refractivity contribution in [2.45, 2.75) is 19.4 Å². The molecule has 1 atom stereocenters. The summed E-state index contributed by atoms with van der Waals surface area (Å²) in [6.07, 6.45) is 4.26. The smallest absolute Gasteiger partial charge is 0.108 e. The van der Waals surface area contributed by atoms with E-state index < -0.39 is 0 Å². The number of rotatable bonds is 3. The van der Waals surface area contributed by atoms with Crippen molar-refractivity contribution in [3.05, 3.63) is 36.3 Å². The maximum Gasteiger partial charge on any atom is 0.108 e. The first-order valence-electron chi connectivity index (χ1n) is 3.74. The average Bonchev–Trinajstić information content (AvgIpc) is 2.50. The molecule has 0 saturated heterocycles. The van der Waals surface area contributed by atoms with Crippen LogP contribution in [0.15, 0.2) is 29.4 Å². The fourth-order valence-electron chi connectivity index (χ4n) is 1.06. The van der Waals surface area contributed by atoms with Crippen molar-refractivity contribution in [1.29, 1.82) is 0 Å². The van der Waals surface area contributed by atoms with Crippen LogP contribution >= 0.6 is 0 Å². The van der Waals surface area contributed by atoms with E-state index in [0.717, 1.165) is 17.7 Å². The number of hydrogen-bond donors (Lipinski definition) is 1. The quantitative estimate of drug-likeness (QED) is 0.671. The Kier molecular flexibility index (Phi) is 2.49. The molecule has 0 amide bonds. The van der Waals surface area contributed by atoms with E-state index in [1.165, 1.54) is 0 Å². The molecule has 0 aromatic carbocycles. The minimum absolute atomic E-state index is 0.0938. The first-order valence-corrected chi connectivity index (χ1v) is 3.74. The monoisotopic (exact) mass is 151 g/mol. The SMILES string of the molecule is C=CC(N)c1ccoc1CC. The van der Waals surface area contributed by atoms with E-state index in [1.807, 2.05) is 13.0 Å². The summed E-state index contributed by atoms with van der Waals surface area (Å²) in [5.74, 6) is 0.956. The third kappa shape index (κ3) is 1.52. The molecule has 2 nitrogen and oxygen atoms in total. The molecule has 0 saturated carbocycles. The lowest BCUT2D eigenvalue weighted by Gasteiger charge is -2.03. The Bertz CT molecular complexity index is 239. The summed E-state index contributed by atoms with van der Waals surface area (Å²) >= 11 is 0. The van der Waals surface area contributed by atoms with Gasteiger partial charge in [-0.25, -0.2) is 0 Å². The van der Waals surface area contributed by atoms with Gasteiger partial charge in [0.25, 0.3) is 0 Å². The van der Waals surface area contributed by atoms with Crippen LogP contribution in [0.4, 0.5) is 0 Å². The minimum atomic E-state index is -0.0938. The Morgan fingerprint density at radius 3 is 3.09 bits per heavy atom. The minimum Gasteiger partial charge on any atom is -0.469 e. The van der Waals surface area contributed by atoms with Crippen molar-refractivity contribution in [3.63, 3.8) is 0 Å². The molecule has 0 fully saturated rings. The van der Waals surface area contributed by atoms with Crippen molar-refractivity contribution < 1.29 is 4.42 Å². The highest BCUT2D eigenvalue weighted by Gasteiger charge is 2.08. The molecule has 0 radical (unpaired) electrons. The molecule has 1 aromatic rings. The second-order valence-corrected chi connectivity index (χ2v) is 2.41. The molecule has 11 heavy (non-hydrogen) atoms. The lowest BCUT2D eigenvalue weighted by Crippen LogP contribution is -2.07. The molecule has 0 bridgehead atoms. The summed E-state index contributed by atoms with van der Waals surface area (Å²) in [5.41, 5.74) is 6.78. The lowest BCUT2D eigenvalue weighted by atomic mass is 10.1. The molecule has 0 aliphatic rings. The highest BCUT2D eigenvalue weighted by molar-refractivity contribution is 5.24. The zero-order chi connectivity index (χ0) is 8.27. The van der Waals surface area contributed by atoms with Crippen molar-refractivity contribution in [2.24, 2.45) is 5.73 Å². The molecule has 2 heteroatoms. The molecular formula is C9H13NO. The van der Waals surface area contributed by atoms with Crippen LogP contribution < -0.4 is 5.73 Å². The number of furan rings is 1. The fraction of sp³-hybridized carbons (Fsp3) is 0.333. The highest BCUT2D eigenvalue weighted by atomic mass is 16.3. The third-order valence-corrected chi connectivity index (χ3v) is 1.71. The summed E-state index contributed by atoms with van der Waals surface area (Å²) < 4.78 is 5.21. The van der Waals surface area contributed by atoms with E-state index in [9.17, 15) is 0 Å². The van der Waals surface area contributed by atoms with Gasteiger partial charge in [0.15, 0.2) is 0 Å². The van der Waals surface area contributed by atoms with Gasteiger partial charge in [-0.1, -0.05) is 13.0 Å². The van der Waals surface area contributed by atoms with Gasteiger partial charge in [-0.05, 0) is 6.07 Å². The molecule has 60 valence electrons. The molecule has 1 heterocycles. The predicted molar refractivity (Wildman–Crippen MR) is 45.2 cm³/mol. The van der Waals surface area contributed by atoms with Gasteiger partial charge in [0.05, 0.1) is 12.3 Å². The maximum absolute atomic E-state index is 5.74. The average molecular weight is 151 g/mol. The molecule has 1 unspecified atom stereocenters. The first-order chi connectivity index (χ1) is 5.29. The van der Waals surface area contributed by atoms with Crippen LogP contribution in [-0.2, 0) is 6.42 Å². The number of nitrogens with two attached hydrogens (primary N) is 1. The normalized spacial score (nSPS) is 12.9. The molecule has 0 spiro atoms. The summed E-state index contributed by atoms with van der Waals surface area (Å²) in [7, 11) is 0. The standard InChI is InChI=1S/C9H13NO/c1-3-8(10)7-5-6-11-9(7)4-2/h3,5-6,8H,1,4,10H2,2H3. The second-order valence-electron chi connectivity index (χ2n) is 2.41. The first kappa shape index (κ1) is 8.08. The molecule has 0 aliphatic heterocycles. The van der Waals surface area contributed by atoms with Crippen LogP contribution in [0.1, 0.15) is 24.3 Å². The Morgan fingerprint density at radius 1 is 1.82 bits per heavy atom. The fourth-order valence-corrected chi connectivity index (χ4v) is 1.06. The molecule has 1 rings (SSSR count). The van der Waals surface area contributed by atoms with Gasteiger partial charge in [0, 0.05) is 12.0 Å². The highest BCUT2D eigenvalue weighted by Crippen LogP contribution is 2.18. The third-order valence-electron chi connectivity index (χ3n) is 1.71. The lowest BCUT2D eigenvalue weighted by molar-refractivity contribution is 0.509. The van der Waals surface area contributed by atoms with E-state index in [0.29, 0.717) is 0 Å². The van der Waals surface area contributed by atoms with Crippen LogP contribution in [0, 0.1) is 0 Å². The summed E-state index contributed by atoms with van der Waals surface area (Å²) in [5, 5.41) is 0. The van der Waals surface area contributed by atoms with E-state index >= 15 is 0 Å². The van der Waals surface area contributed by atoms with E-state index in [4.69, 9.17) is 10.2 Å². The van der Waals surface area contributed by atoms with Gasteiger partial charge in [-0.3, -0.25) is 0 Å². The Balaban J connectivity index is 2.91. The summed E-state index contributed by atoms with van der Waals surface area (Å²) in [4.78, 5) is 0. The molecular weight excluding hydrogens is 138 g/mol. The van der Waals surface area contributed by atoms with Gasteiger partial charge in [0.2, 0.25) is 0 Å². The van der Waals surface area contributed by atoms with Crippen LogP contribution in [0.25, 0.3) is 0 Å². The van der Waals surface area contributed by atoms with Crippen molar-refractivity contribution in [1.82, 2.24) is 0 Å². The van der Waals surface area contributed by atoms with Gasteiger partial charge in [0.1, 0.15) is 5.76 Å². The van der Waals surface area contributed by atoms with E-state index in [2.05, 4.69) is 6.58 Å². The topological polar surface area (TPSA) is 39.2 Å². The number of hydrogen-bond acceptors (Lipinski definition) is 2. The zero-order valence-corrected chi connectivity index (χ0v) is 6.71. The van der Waals surface area contributed by atoms with Crippen molar-refractivity contribution in [2.75, 3.05) is 0 Å². The van der Waals surface area contributed by atoms with Crippen LogP contribution in [-0.4, -0.2) is 0 Å². The van der Waals surface area contributed by atoms with Crippen molar-refractivity contribution >= 4 is 0 Å². The molecule has 0 aliphatic carbocycles. The summed E-state index contributed by atoms with van der Waals surface area (Å²) in [6.45, 7) is 5.67. The van der Waals surface area contributed by atoms with Gasteiger partial charge in [-0.2, -0.15) is 0 Å². The van der Waals surface area contributed by atoms with E-state index in [1.54, 1.807) is 12.3 Å². The number of aryl methyl sites for hydroxylation is 1. The zero-order valence-electron chi connectivity index (χ0n) is 6.71. The second kappa shape index (κ2) is 3.39. The van der Waals surface area contributed by atoms with Gasteiger partial charge in [-0.15, -0.1) is 6.58 Å². The van der Waals surface area contributed by atoms with Gasteiger partial charge >= 0.3 is 0 Å². The Morgan fingerprint density at radius 2 is 2.55 bits per heavy atom. The van der Waals surface area contributed by atoms with Crippen LogP contribution in [0.5, 0.6) is 0 Å². The van der Waals surface area contributed by atoms with Gasteiger partial charge < -0.3 is 10.2 Å². The molecule has 2 N–H and O–H groups in total. The maximum atomic E-state index is 5.74. The molecule has 1 aromatic heterocycles. The summed E-state index contributed by atoms with van der Waals surface area (Å²) in [6, 6.07) is 1.80. The van der Waals surface area contributed by atoms with E-state index in [-0.39, 0.29) is 6.04 Å².